The highest BCUT2D eigenvalue weighted by Crippen LogP contribution is 2.36. The van der Waals surface area contributed by atoms with Crippen molar-refractivity contribution in [3.05, 3.63) is 65.9 Å². The monoisotopic (exact) mass is 310 g/mol. The van der Waals surface area contributed by atoms with Gasteiger partial charge in [0.15, 0.2) is 0 Å². The fraction of sp³-hybridized carbons (Fsp3) is 0.118. The quantitative estimate of drug-likeness (QED) is 0.741. The van der Waals surface area contributed by atoms with E-state index in [-0.39, 0.29) is 0 Å². The Morgan fingerprint density at radius 3 is 2.23 bits per heavy atom. The van der Waals surface area contributed by atoms with E-state index in [0.717, 1.165) is 22.3 Å². The van der Waals surface area contributed by atoms with Crippen LogP contribution < -0.4 is 0 Å². The summed E-state index contributed by atoms with van der Waals surface area (Å²) in [5, 5.41) is 9.47. The second-order valence-electron chi connectivity index (χ2n) is 4.85. The molecule has 110 valence electrons. The number of hydrogen-bond acceptors (Lipinski definition) is 4. The predicted octanol–water partition coefficient (Wildman–Crippen LogP) is 3.86. The van der Waals surface area contributed by atoms with E-state index in [1.54, 1.807) is 0 Å². The molecule has 0 radical (unpaired) electrons. The molecule has 0 saturated heterocycles. The lowest BCUT2D eigenvalue weighted by molar-refractivity contribution is -0.136. The minimum absolute atomic E-state index is 0.648. The first-order valence-electron chi connectivity index (χ1n) is 6.83. The van der Waals surface area contributed by atoms with Crippen molar-refractivity contribution in [3.63, 3.8) is 0 Å². The number of aliphatic carboxylic acids is 1. The molecule has 0 aliphatic carbocycles. The van der Waals surface area contributed by atoms with Crippen LogP contribution in [-0.4, -0.2) is 21.0 Å². The number of thioether (sulfide) groups is 1. The summed E-state index contributed by atoms with van der Waals surface area (Å²) >= 11 is 1.22. The number of aryl methyl sites for hydroxylation is 1. The molecule has 1 aromatic heterocycles. The molecule has 3 rings (SSSR count). The van der Waals surface area contributed by atoms with E-state index >= 15 is 0 Å². The molecule has 0 amide bonds. The van der Waals surface area contributed by atoms with Gasteiger partial charge in [-0.25, -0.2) is 9.97 Å². The number of carbonyl (C=O) groups is 1. The minimum Gasteiger partial charge on any atom is -0.480 e. The molecule has 2 aromatic carbocycles. The number of rotatable bonds is 4. The zero-order valence-corrected chi connectivity index (χ0v) is 12.7. The first kappa shape index (κ1) is 14.5. The van der Waals surface area contributed by atoms with Crippen LogP contribution in [0.5, 0.6) is 0 Å². The smallest absolute Gasteiger partial charge is 0.321 e. The Morgan fingerprint density at radius 2 is 1.59 bits per heavy atom. The Kier molecular flexibility index (Phi) is 4.06. The van der Waals surface area contributed by atoms with E-state index in [1.165, 1.54) is 11.8 Å². The van der Waals surface area contributed by atoms with Crippen LogP contribution >= 0.6 is 11.8 Å². The average Bonchev–Trinajstić information content (AvgIpc) is 2.53. The molecule has 1 atom stereocenters. The van der Waals surface area contributed by atoms with Crippen molar-refractivity contribution in [2.75, 3.05) is 0 Å². The first-order valence-corrected chi connectivity index (χ1v) is 7.71. The van der Waals surface area contributed by atoms with Crippen molar-refractivity contribution in [1.82, 2.24) is 9.97 Å². The van der Waals surface area contributed by atoms with Crippen LogP contribution in [0.25, 0.3) is 11.0 Å². The normalized spacial score (nSPS) is 12.2. The van der Waals surface area contributed by atoms with Gasteiger partial charge in [0, 0.05) is 0 Å². The third kappa shape index (κ3) is 2.94. The predicted molar refractivity (Wildman–Crippen MR) is 87.0 cm³/mol. The number of benzene rings is 2. The molecule has 1 heterocycles. The second kappa shape index (κ2) is 6.15. The minimum atomic E-state index is -0.884. The number of para-hydroxylation sites is 2. The van der Waals surface area contributed by atoms with Crippen molar-refractivity contribution in [3.8, 4) is 0 Å². The molecule has 0 bridgehead atoms. The van der Waals surface area contributed by atoms with E-state index in [4.69, 9.17) is 0 Å². The molecule has 1 N–H and O–H groups in total. The number of hydrogen-bond donors (Lipinski definition) is 1. The summed E-state index contributed by atoms with van der Waals surface area (Å²) in [7, 11) is 0. The maximum atomic E-state index is 11.6. The molecule has 0 aliphatic heterocycles. The van der Waals surface area contributed by atoms with Gasteiger partial charge in [-0.05, 0) is 24.6 Å². The largest absolute Gasteiger partial charge is 0.480 e. The summed E-state index contributed by atoms with van der Waals surface area (Å²) < 4.78 is 0. The standard InChI is InChI=1S/C17H14N2O2S/c1-11-16(19-14-10-6-5-9-13(14)18-11)22-15(17(20)21)12-7-3-2-4-8-12/h2-10,15H,1H3,(H,20,21)/t15-/m1/s1. The molecule has 0 aliphatic rings. The Hall–Kier alpha value is -2.40. The Bertz CT molecular complexity index is 821. The van der Waals surface area contributed by atoms with E-state index in [1.807, 2.05) is 61.5 Å². The second-order valence-corrected chi connectivity index (χ2v) is 5.94. The summed E-state index contributed by atoms with van der Waals surface area (Å²) in [6, 6.07) is 16.8. The average molecular weight is 310 g/mol. The zero-order chi connectivity index (χ0) is 15.5. The summed E-state index contributed by atoms with van der Waals surface area (Å²) in [6.45, 7) is 1.85. The lowest BCUT2D eigenvalue weighted by Crippen LogP contribution is -2.09. The number of aromatic nitrogens is 2. The van der Waals surface area contributed by atoms with Crippen LogP contribution in [0, 0.1) is 6.92 Å². The SMILES string of the molecule is Cc1nc2ccccc2nc1S[C@@H](C(=O)O)c1ccccc1. The molecular formula is C17H14N2O2S. The molecule has 3 aromatic rings. The number of fused-ring (bicyclic) bond motifs is 1. The number of carboxylic acids is 1. The number of carboxylic acid groups (broad SMARTS) is 1. The van der Waals surface area contributed by atoms with Gasteiger partial charge >= 0.3 is 5.97 Å². The molecule has 4 nitrogen and oxygen atoms in total. The van der Waals surface area contributed by atoms with Crippen molar-refractivity contribution in [1.29, 1.82) is 0 Å². The summed E-state index contributed by atoms with van der Waals surface area (Å²) in [5.74, 6) is -0.884. The van der Waals surface area contributed by atoms with Gasteiger partial charge in [-0.3, -0.25) is 4.79 Å². The Labute approximate surface area is 132 Å². The Balaban J connectivity index is 2.00. The van der Waals surface area contributed by atoms with Crippen LogP contribution in [0.2, 0.25) is 0 Å². The zero-order valence-electron chi connectivity index (χ0n) is 11.9. The highest BCUT2D eigenvalue weighted by atomic mass is 32.2. The van der Waals surface area contributed by atoms with Gasteiger partial charge in [-0.1, -0.05) is 54.2 Å². The van der Waals surface area contributed by atoms with Crippen molar-refractivity contribution < 1.29 is 9.90 Å². The summed E-state index contributed by atoms with van der Waals surface area (Å²) in [5.41, 5.74) is 3.07. The topological polar surface area (TPSA) is 63.1 Å². The van der Waals surface area contributed by atoms with Gasteiger partial charge in [0.25, 0.3) is 0 Å². The summed E-state index contributed by atoms with van der Waals surface area (Å²) in [4.78, 5) is 20.7. The third-order valence-corrected chi connectivity index (χ3v) is 4.58. The van der Waals surface area contributed by atoms with Crippen LogP contribution in [0.4, 0.5) is 0 Å². The molecule has 0 unspecified atom stereocenters. The Morgan fingerprint density at radius 1 is 1.00 bits per heavy atom. The van der Waals surface area contributed by atoms with Crippen LogP contribution in [0.3, 0.4) is 0 Å². The maximum Gasteiger partial charge on any atom is 0.321 e. The van der Waals surface area contributed by atoms with Crippen LogP contribution in [0.15, 0.2) is 59.6 Å². The molecule has 22 heavy (non-hydrogen) atoms. The van der Waals surface area contributed by atoms with Gasteiger partial charge in [0.2, 0.25) is 0 Å². The van der Waals surface area contributed by atoms with Crippen molar-refractivity contribution >= 4 is 28.8 Å². The van der Waals surface area contributed by atoms with Gasteiger partial charge in [-0.15, -0.1) is 0 Å². The fourth-order valence-corrected chi connectivity index (χ4v) is 3.17. The highest BCUT2D eigenvalue weighted by Gasteiger charge is 2.23. The van der Waals surface area contributed by atoms with Crippen LogP contribution in [0.1, 0.15) is 16.5 Å². The molecule has 0 spiro atoms. The molecule has 0 saturated carbocycles. The van der Waals surface area contributed by atoms with E-state index in [0.29, 0.717) is 5.03 Å². The van der Waals surface area contributed by atoms with Gasteiger partial charge in [0.05, 0.1) is 16.7 Å². The maximum absolute atomic E-state index is 11.6. The highest BCUT2D eigenvalue weighted by molar-refractivity contribution is 8.00. The summed E-state index contributed by atoms with van der Waals surface area (Å²) in [6.07, 6.45) is 0. The molecular weight excluding hydrogens is 296 g/mol. The van der Waals surface area contributed by atoms with E-state index in [9.17, 15) is 9.90 Å². The van der Waals surface area contributed by atoms with Gasteiger partial charge in [0.1, 0.15) is 10.3 Å². The molecule has 0 fully saturated rings. The van der Waals surface area contributed by atoms with Gasteiger partial charge in [-0.2, -0.15) is 0 Å². The lowest BCUT2D eigenvalue weighted by atomic mass is 10.1. The van der Waals surface area contributed by atoms with E-state index in [2.05, 4.69) is 9.97 Å². The molecule has 5 heteroatoms. The van der Waals surface area contributed by atoms with E-state index < -0.39 is 11.2 Å². The lowest BCUT2D eigenvalue weighted by Gasteiger charge is -2.13. The van der Waals surface area contributed by atoms with Crippen molar-refractivity contribution in [2.45, 2.75) is 17.2 Å². The number of nitrogens with zero attached hydrogens (tertiary/aromatic N) is 2. The van der Waals surface area contributed by atoms with Crippen molar-refractivity contribution in [2.24, 2.45) is 0 Å². The first-order chi connectivity index (χ1) is 10.6. The van der Waals surface area contributed by atoms with Gasteiger partial charge < -0.3 is 5.11 Å². The fourth-order valence-electron chi connectivity index (χ4n) is 2.18. The third-order valence-electron chi connectivity index (χ3n) is 3.26. The van der Waals surface area contributed by atoms with Crippen LogP contribution in [-0.2, 0) is 4.79 Å².